The molecule has 0 fully saturated rings. The van der Waals surface area contributed by atoms with E-state index in [1.54, 1.807) is 0 Å². The summed E-state index contributed by atoms with van der Waals surface area (Å²) in [6, 6.07) is 3.85. The lowest BCUT2D eigenvalue weighted by atomic mass is 9.96. The van der Waals surface area contributed by atoms with Gasteiger partial charge in [0.15, 0.2) is 11.5 Å². The Morgan fingerprint density at radius 2 is 1.94 bits per heavy atom. The molecule has 3 N–H and O–H groups in total. The number of fused-ring (bicyclic) bond motifs is 2. The Morgan fingerprint density at radius 3 is 2.62 bits per heavy atom. The molecule has 4 nitrogen and oxygen atoms in total. The highest BCUT2D eigenvalue weighted by molar-refractivity contribution is 5.52. The summed E-state index contributed by atoms with van der Waals surface area (Å²) < 4.78 is 11.0. The van der Waals surface area contributed by atoms with Gasteiger partial charge in [0, 0.05) is 6.54 Å². The van der Waals surface area contributed by atoms with Gasteiger partial charge in [0.2, 0.25) is 0 Å². The minimum Gasteiger partial charge on any atom is -0.486 e. The second-order valence-corrected chi connectivity index (χ2v) is 4.39. The van der Waals surface area contributed by atoms with E-state index in [1.807, 2.05) is 12.1 Å². The second kappa shape index (κ2) is 3.37. The van der Waals surface area contributed by atoms with Gasteiger partial charge in [-0.2, -0.15) is 0 Å². The zero-order valence-corrected chi connectivity index (χ0v) is 9.03. The van der Waals surface area contributed by atoms with Gasteiger partial charge in [0.25, 0.3) is 0 Å². The van der Waals surface area contributed by atoms with Crippen LogP contribution in [0.5, 0.6) is 11.5 Å². The number of benzene rings is 1. The maximum atomic E-state index is 10.3. The molecule has 1 aromatic rings. The van der Waals surface area contributed by atoms with Gasteiger partial charge in [-0.25, -0.2) is 0 Å². The molecule has 0 saturated carbocycles. The summed E-state index contributed by atoms with van der Waals surface area (Å²) in [5.41, 5.74) is 6.78. The molecule has 3 rings (SSSR count). The monoisotopic (exact) mass is 221 g/mol. The fourth-order valence-corrected chi connectivity index (χ4v) is 2.46. The topological polar surface area (TPSA) is 64.7 Å². The van der Waals surface area contributed by atoms with Crippen LogP contribution in [0.2, 0.25) is 0 Å². The average molecular weight is 221 g/mol. The van der Waals surface area contributed by atoms with E-state index >= 15 is 0 Å². The average Bonchev–Trinajstić information content (AvgIpc) is 2.65. The van der Waals surface area contributed by atoms with Gasteiger partial charge in [0.05, 0.1) is 0 Å². The summed E-state index contributed by atoms with van der Waals surface area (Å²) in [4.78, 5) is 0. The lowest BCUT2D eigenvalue weighted by molar-refractivity contribution is 0.0477. The zero-order chi connectivity index (χ0) is 11.2. The maximum Gasteiger partial charge on any atom is 0.161 e. The first kappa shape index (κ1) is 9.93. The Balaban J connectivity index is 2.10. The van der Waals surface area contributed by atoms with Crippen LogP contribution in [0.15, 0.2) is 12.1 Å². The van der Waals surface area contributed by atoms with Crippen molar-refractivity contribution >= 4 is 0 Å². The van der Waals surface area contributed by atoms with E-state index in [-0.39, 0.29) is 6.54 Å². The molecule has 0 bridgehead atoms. The van der Waals surface area contributed by atoms with Gasteiger partial charge in [-0.05, 0) is 36.1 Å². The molecule has 0 amide bonds. The molecule has 0 aromatic heterocycles. The molecule has 0 radical (unpaired) electrons. The van der Waals surface area contributed by atoms with E-state index in [0.29, 0.717) is 19.6 Å². The van der Waals surface area contributed by atoms with Gasteiger partial charge in [0.1, 0.15) is 18.8 Å². The number of rotatable bonds is 1. The van der Waals surface area contributed by atoms with E-state index in [1.165, 1.54) is 0 Å². The summed E-state index contributed by atoms with van der Waals surface area (Å²) in [6.07, 6.45) is 1.53. The predicted molar refractivity (Wildman–Crippen MR) is 58.7 cm³/mol. The van der Waals surface area contributed by atoms with Crippen LogP contribution in [0.3, 0.4) is 0 Å². The van der Waals surface area contributed by atoms with Gasteiger partial charge in [-0.3, -0.25) is 0 Å². The molecule has 1 heterocycles. The van der Waals surface area contributed by atoms with Crippen LogP contribution in [0.25, 0.3) is 0 Å². The molecule has 2 aliphatic rings. The largest absolute Gasteiger partial charge is 0.486 e. The Morgan fingerprint density at radius 1 is 1.25 bits per heavy atom. The van der Waals surface area contributed by atoms with E-state index in [4.69, 9.17) is 15.2 Å². The third-order valence-electron chi connectivity index (χ3n) is 3.41. The van der Waals surface area contributed by atoms with Crippen molar-refractivity contribution in [2.45, 2.75) is 18.4 Å². The van der Waals surface area contributed by atoms with Gasteiger partial charge >= 0.3 is 0 Å². The molecule has 86 valence electrons. The first-order chi connectivity index (χ1) is 7.73. The minimum absolute atomic E-state index is 0.250. The van der Waals surface area contributed by atoms with Crippen molar-refractivity contribution in [3.63, 3.8) is 0 Å². The Bertz CT molecular complexity index is 433. The second-order valence-electron chi connectivity index (χ2n) is 4.39. The molecule has 0 spiro atoms. The molecule has 4 heteroatoms. The maximum absolute atomic E-state index is 10.3. The quantitative estimate of drug-likeness (QED) is 0.727. The lowest BCUT2D eigenvalue weighted by Gasteiger charge is -2.24. The molecule has 1 aliphatic heterocycles. The number of hydrogen-bond acceptors (Lipinski definition) is 4. The van der Waals surface area contributed by atoms with Crippen LogP contribution in [0, 0.1) is 0 Å². The standard InChI is InChI=1S/C12H15NO3/c13-7-12(14)2-1-8-5-10-11(6-9(8)12)16-4-3-15-10/h5-6,14H,1-4,7,13H2. The van der Waals surface area contributed by atoms with Crippen LogP contribution in [0.1, 0.15) is 17.5 Å². The number of hydrogen-bond donors (Lipinski definition) is 2. The number of aliphatic hydroxyl groups is 1. The van der Waals surface area contributed by atoms with Crippen molar-refractivity contribution in [2.75, 3.05) is 19.8 Å². The normalized spacial score (nSPS) is 26.6. The molecule has 16 heavy (non-hydrogen) atoms. The summed E-state index contributed by atoms with van der Waals surface area (Å²) in [5.74, 6) is 1.50. The van der Waals surface area contributed by atoms with Crippen LogP contribution >= 0.6 is 0 Å². The first-order valence-electron chi connectivity index (χ1n) is 5.58. The fraction of sp³-hybridized carbons (Fsp3) is 0.500. The molecular weight excluding hydrogens is 206 g/mol. The fourth-order valence-electron chi connectivity index (χ4n) is 2.46. The van der Waals surface area contributed by atoms with Crippen molar-refractivity contribution in [1.82, 2.24) is 0 Å². The smallest absolute Gasteiger partial charge is 0.161 e. The first-order valence-corrected chi connectivity index (χ1v) is 5.58. The summed E-state index contributed by atoms with van der Waals surface area (Å²) in [6.45, 7) is 1.40. The summed E-state index contributed by atoms with van der Waals surface area (Å²) in [7, 11) is 0. The molecule has 1 unspecified atom stereocenters. The Labute approximate surface area is 94.0 Å². The Hall–Kier alpha value is -1.26. The van der Waals surface area contributed by atoms with Crippen molar-refractivity contribution in [1.29, 1.82) is 0 Å². The highest BCUT2D eigenvalue weighted by Gasteiger charge is 2.36. The molecule has 1 atom stereocenters. The van der Waals surface area contributed by atoms with E-state index in [2.05, 4.69) is 0 Å². The van der Waals surface area contributed by atoms with Gasteiger partial charge in [-0.15, -0.1) is 0 Å². The SMILES string of the molecule is NCC1(O)CCc2cc3c(cc21)OCCO3. The van der Waals surface area contributed by atoms with Crippen molar-refractivity contribution in [3.8, 4) is 11.5 Å². The highest BCUT2D eigenvalue weighted by atomic mass is 16.6. The van der Waals surface area contributed by atoms with Crippen LogP contribution in [-0.4, -0.2) is 24.9 Å². The van der Waals surface area contributed by atoms with E-state index in [0.717, 1.165) is 29.0 Å². The van der Waals surface area contributed by atoms with Crippen molar-refractivity contribution in [2.24, 2.45) is 5.73 Å². The highest BCUT2D eigenvalue weighted by Crippen LogP contribution is 2.43. The molecule has 0 saturated heterocycles. The van der Waals surface area contributed by atoms with E-state index in [9.17, 15) is 5.11 Å². The zero-order valence-electron chi connectivity index (χ0n) is 9.03. The number of nitrogens with two attached hydrogens (primary N) is 1. The molecule has 1 aliphatic carbocycles. The third kappa shape index (κ3) is 1.30. The van der Waals surface area contributed by atoms with Crippen LogP contribution in [0.4, 0.5) is 0 Å². The summed E-state index contributed by atoms with van der Waals surface area (Å²) >= 11 is 0. The number of aryl methyl sites for hydroxylation is 1. The molecular formula is C12H15NO3. The predicted octanol–water partition coefficient (Wildman–Crippen LogP) is 0.550. The van der Waals surface area contributed by atoms with E-state index < -0.39 is 5.60 Å². The minimum atomic E-state index is -0.884. The van der Waals surface area contributed by atoms with Gasteiger partial charge < -0.3 is 20.3 Å². The lowest BCUT2D eigenvalue weighted by Crippen LogP contribution is -2.32. The molecule has 1 aromatic carbocycles. The van der Waals surface area contributed by atoms with Crippen LogP contribution < -0.4 is 15.2 Å². The Kier molecular flexibility index (Phi) is 2.09. The third-order valence-corrected chi connectivity index (χ3v) is 3.41. The van der Waals surface area contributed by atoms with Crippen molar-refractivity contribution in [3.05, 3.63) is 23.3 Å². The van der Waals surface area contributed by atoms with Crippen LogP contribution in [-0.2, 0) is 12.0 Å². The summed E-state index contributed by atoms with van der Waals surface area (Å²) in [5, 5.41) is 10.3. The number of ether oxygens (including phenoxy) is 2. The van der Waals surface area contributed by atoms with Crippen molar-refractivity contribution < 1.29 is 14.6 Å². The van der Waals surface area contributed by atoms with Gasteiger partial charge in [-0.1, -0.05) is 0 Å².